The predicted octanol–water partition coefficient (Wildman–Crippen LogP) is 4.24. The summed E-state index contributed by atoms with van der Waals surface area (Å²) in [5.41, 5.74) is 0. The number of carbonyl (C=O) groups is 1. The lowest BCUT2D eigenvalue weighted by Crippen LogP contribution is -2.13. The minimum absolute atomic E-state index is 0.0894. The summed E-state index contributed by atoms with van der Waals surface area (Å²) < 4.78 is 0. The number of carboxylic acid groups (broad SMARTS) is 1. The van der Waals surface area contributed by atoms with Crippen LogP contribution in [-0.4, -0.2) is 11.1 Å². The quantitative estimate of drug-likeness (QED) is 0.552. The molecule has 15 heavy (non-hydrogen) atoms. The lowest BCUT2D eigenvalue weighted by molar-refractivity contribution is -0.142. The van der Waals surface area contributed by atoms with Crippen molar-refractivity contribution < 1.29 is 9.90 Å². The van der Waals surface area contributed by atoms with Crippen molar-refractivity contribution in [1.29, 1.82) is 0 Å². The highest BCUT2D eigenvalue weighted by molar-refractivity contribution is 5.69. The number of carboxylic acids is 1. The third kappa shape index (κ3) is 8.46. The van der Waals surface area contributed by atoms with E-state index in [9.17, 15) is 4.79 Å². The second kappa shape index (κ2) is 10.0. The van der Waals surface area contributed by atoms with E-state index in [0.29, 0.717) is 0 Å². The van der Waals surface area contributed by atoms with E-state index in [4.69, 9.17) is 5.11 Å². The summed E-state index contributed by atoms with van der Waals surface area (Å²) in [7, 11) is 0. The Balaban J connectivity index is 3.59. The first-order valence-electron chi connectivity index (χ1n) is 6.45. The minimum atomic E-state index is -0.595. The molecule has 2 nitrogen and oxygen atoms in total. The van der Waals surface area contributed by atoms with Gasteiger partial charge in [-0.2, -0.15) is 0 Å². The van der Waals surface area contributed by atoms with Crippen LogP contribution in [0.5, 0.6) is 0 Å². The molecule has 0 radical (unpaired) electrons. The van der Waals surface area contributed by atoms with Crippen LogP contribution in [-0.2, 0) is 4.79 Å². The summed E-state index contributed by atoms with van der Waals surface area (Å²) in [5, 5.41) is 9.03. The predicted molar refractivity (Wildman–Crippen MR) is 64.0 cm³/mol. The number of aliphatic carboxylic acids is 1. The van der Waals surface area contributed by atoms with Gasteiger partial charge in [0.05, 0.1) is 5.92 Å². The highest BCUT2D eigenvalue weighted by atomic mass is 16.4. The summed E-state index contributed by atoms with van der Waals surface area (Å²) in [6.07, 6.45) is 9.87. The van der Waals surface area contributed by atoms with E-state index in [-0.39, 0.29) is 5.92 Å². The Labute approximate surface area is 94.1 Å². The Kier molecular flexibility index (Phi) is 9.65. The van der Waals surface area contributed by atoms with Crippen molar-refractivity contribution in [2.75, 3.05) is 0 Å². The highest BCUT2D eigenvalue weighted by Gasteiger charge is 2.15. The fourth-order valence-electron chi connectivity index (χ4n) is 1.85. The maximum absolute atomic E-state index is 11.0. The zero-order chi connectivity index (χ0) is 11.5. The minimum Gasteiger partial charge on any atom is -0.481 e. The molecule has 2 heteroatoms. The van der Waals surface area contributed by atoms with Crippen LogP contribution in [0.25, 0.3) is 0 Å². The Morgan fingerprint density at radius 2 is 1.40 bits per heavy atom. The molecule has 0 aromatic carbocycles. The maximum atomic E-state index is 11.0. The molecule has 1 atom stereocenters. The topological polar surface area (TPSA) is 37.3 Å². The molecule has 0 spiro atoms. The average molecular weight is 214 g/mol. The number of unbranched alkanes of at least 4 members (excludes halogenated alkanes) is 5. The molecule has 0 fully saturated rings. The van der Waals surface area contributed by atoms with Crippen LogP contribution in [0.3, 0.4) is 0 Å². The fourth-order valence-corrected chi connectivity index (χ4v) is 1.85. The first kappa shape index (κ1) is 14.5. The lowest BCUT2D eigenvalue weighted by Gasteiger charge is -2.11. The summed E-state index contributed by atoms with van der Waals surface area (Å²) >= 11 is 0. The molecule has 0 heterocycles. The van der Waals surface area contributed by atoms with E-state index < -0.39 is 5.97 Å². The molecule has 0 saturated heterocycles. The van der Waals surface area contributed by atoms with Gasteiger partial charge in [0.1, 0.15) is 0 Å². The van der Waals surface area contributed by atoms with E-state index >= 15 is 0 Å². The molecule has 90 valence electrons. The Hall–Kier alpha value is -0.530. The average Bonchev–Trinajstić information content (AvgIpc) is 2.21. The lowest BCUT2D eigenvalue weighted by atomic mass is 9.95. The van der Waals surface area contributed by atoms with Gasteiger partial charge in [0, 0.05) is 0 Å². The smallest absolute Gasteiger partial charge is 0.306 e. The molecule has 0 bridgehead atoms. The summed E-state index contributed by atoms with van der Waals surface area (Å²) in [6.45, 7) is 4.33. The number of hydrogen-bond donors (Lipinski definition) is 1. The molecule has 0 rings (SSSR count). The van der Waals surface area contributed by atoms with Crippen molar-refractivity contribution in [3.63, 3.8) is 0 Å². The van der Waals surface area contributed by atoms with Crippen LogP contribution in [0, 0.1) is 5.92 Å². The van der Waals surface area contributed by atoms with Gasteiger partial charge in [0.2, 0.25) is 0 Å². The molecule has 1 N–H and O–H groups in total. The first-order chi connectivity index (χ1) is 7.22. The summed E-state index contributed by atoms with van der Waals surface area (Å²) in [4.78, 5) is 11.0. The summed E-state index contributed by atoms with van der Waals surface area (Å²) in [5.74, 6) is -0.684. The van der Waals surface area contributed by atoms with E-state index in [1.54, 1.807) is 0 Å². The molecular formula is C13H26O2. The van der Waals surface area contributed by atoms with Crippen molar-refractivity contribution in [3.05, 3.63) is 0 Å². The van der Waals surface area contributed by atoms with Gasteiger partial charge in [0.25, 0.3) is 0 Å². The molecule has 1 unspecified atom stereocenters. The van der Waals surface area contributed by atoms with Crippen LogP contribution in [0.2, 0.25) is 0 Å². The maximum Gasteiger partial charge on any atom is 0.306 e. The number of rotatable bonds is 10. The van der Waals surface area contributed by atoms with Crippen molar-refractivity contribution in [3.8, 4) is 0 Å². The van der Waals surface area contributed by atoms with Crippen molar-refractivity contribution in [2.45, 2.75) is 71.6 Å². The highest BCUT2D eigenvalue weighted by Crippen LogP contribution is 2.18. The van der Waals surface area contributed by atoms with Crippen LogP contribution in [0.1, 0.15) is 71.6 Å². The monoisotopic (exact) mass is 214 g/mol. The van der Waals surface area contributed by atoms with Gasteiger partial charge in [-0.15, -0.1) is 0 Å². The van der Waals surface area contributed by atoms with Gasteiger partial charge in [0.15, 0.2) is 0 Å². The van der Waals surface area contributed by atoms with Crippen molar-refractivity contribution in [2.24, 2.45) is 5.92 Å². The number of hydrogen-bond acceptors (Lipinski definition) is 1. The van der Waals surface area contributed by atoms with Gasteiger partial charge >= 0.3 is 5.97 Å². The van der Waals surface area contributed by atoms with Crippen LogP contribution in [0.15, 0.2) is 0 Å². The fraction of sp³-hybridized carbons (Fsp3) is 0.923. The third-order valence-electron chi connectivity index (χ3n) is 2.91. The molecule has 0 aliphatic carbocycles. The van der Waals surface area contributed by atoms with E-state index in [1.807, 2.05) is 0 Å². The molecular weight excluding hydrogens is 188 g/mol. The Morgan fingerprint density at radius 1 is 0.933 bits per heavy atom. The second-order valence-corrected chi connectivity index (χ2v) is 4.38. The van der Waals surface area contributed by atoms with Crippen molar-refractivity contribution in [1.82, 2.24) is 0 Å². The molecule has 0 aliphatic rings. The molecule has 0 aromatic rings. The zero-order valence-corrected chi connectivity index (χ0v) is 10.3. The molecule has 0 amide bonds. The Morgan fingerprint density at radius 3 is 1.87 bits per heavy atom. The normalized spacial score (nSPS) is 12.7. The van der Waals surface area contributed by atoms with Gasteiger partial charge in [-0.05, 0) is 12.8 Å². The first-order valence-corrected chi connectivity index (χ1v) is 6.45. The van der Waals surface area contributed by atoms with Crippen LogP contribution < -0.4 is 0 Å². The van der Waals surface area contributed by atoms with E-state index in [0.717, 1.165) is 25.7 Å². The van der Waals surface area contributed by atoms with E-state index in [1.165, 1.54) is 32.1 Å². The zero-order valence-electron chi connectivity index (χ0n) is 10.3. The second-order valence-electron chi connectivity index (χ2n) is 4.38. The van der Waals surface area contributed by atoms with Gasteiger partial charge in [-0.25, -0.2) is 0 Å². The molecule has 0 aliphatic heterocycles. The Bertz CT molecular complexity index is 155. The van der Waals surface area contributed by atoms with Crippen LogP contribution in [0.4, 0.5) is 0 Å². The van der Waals surface area contributed by atoms with Gasteiger partial charge in [-0.1, -0.05) is 58.8 Å². The third-order valence-corrected chi connectivity index (χ3v) is 2.91. The molecule has 0 aromatic heterocycles. The largest absolute Gasteiger partial charge is 0.481 e. The van der Waals surface area contributed by atoms with Gasteiger partial charge < -0.3 is 5.11 Å². The van der Waals surface area contributed by atoms with Gasteiger partial charge in [-0.3, -0.25) is 4.79 Å². The standard InChI is InChI=1S/C13H26O2/c1-3-5-7-9-11-12(13(14)15)10-8-6-4-2/h12H,3-11H2,1-2H3,(H,14,15). The van der Waals surface area contributed by atoms with Crippen molar-refractivity contribution >= 4 is 5.97 Å². The summed E-state index contributed by atoms with van der Waals surface area (Å²) in [6, 6.07) is 0. The van der Waals surface area contributed by atoms with Crippen LogP contribution >= 0.6 is 0 Å². The van der Waals surface area contributed by atoms with E-state index in [2.05, 4.69) is 13.8 Å². The SMILES string of the molecule is CCCCCCC(CCCCC)C(=O)O. The molecule has 0 saturated carbocycles.